The van der Waals surface area contributed by atoms with Crippen LogP contribution < -0.4 is 9.47 Å². The molecular weight excluding hydrogens is 466 g/mol. The van der Waals surface area contributed by atoms with Gasteiger partial charge in [0.2, 0.25) is 5.16 Å². The second kappa shape index (κ2) is 12.5. The number of likely N-dealkylation sites (N-methyl/N-ethyl adjacent to an activating group) is 1. The van der Waals surface area contributed by atoms with E-state index in [0.29, 0.717) is 30.7 Å². The summed E-state index contributed by atoms with van der Waals surface area (Å²) < 4.78 is 13.2. The number of pyridine rings is 1. The fourth-order valence-electron chi connectivity index (χ4n) is 3.63. The molecule has 1 amide bonds. The van der Waals surface area contributed by atoms with Crippen molar-refractivity contribution in [3.63, 3.8) is 0 Å². The number of thioether (sulfide) groups is 1. The normalized spacial score (nSPS) is 14.3. The molecule has 1 aromatic carbocycles. The van der Waals surface area contributed by atoms with Gasteiger partial charge in [-0.05, 0) is 67.2 Å². The number of piperidine rings is 1. The molecular formula is C24H31N7O3S. The molecule has 0 unspecified atom stereocenters. The van der Waals surface area contributed by atoms with Crippen LogP contribution >= 0.6 is 11.8 Å². The third-order valence-corrected chi connectivity index (χ3v) is 6.98. The fourth-order valence-corrected chi connectivity index (χ4v) is 4.71. The number of carbonyl (C=O) groups excluding carboxylic acids is 1. The van der Waals surface area contributed by atoms with Gasteiger partial charge in [0.1, 0.15) is 11.5 Å². The number of aromatic nitrogens is 5. The Kier molecular flexibility index (Phi) is 8.90. The van der Waals surface area contributed by atoms with Crippen molar-refractivity contribution in [1.29, 1.82) is 0 Å². The van der Waals surface area contributed by atoms with E-state index in [1.807, 2.05) is 55.2 Å². The van der Waals surface area contributed by atoms with Gasteiger partial charge in [-0.15, -0.1) is 5.10 Å². The van der Waals surface area contributed by atoms with Gasteiger partial charge >= 0.3 is 6.09 Å². The number of benzene rings is 1. The van der Waals surface area contributed by atoms with Gasteiger partial charge in [0.15, 0.2) is 0 Å². The average molecular weight is 498 g/mol. The Morgan fingerprint density at radius 2 is 1.83 bits per heavy atom. The fraction of sp³-hybridized carbons (Fsp3) is 0.458. The number of carbonyl (C=O) groups is 1. The summed E-state index contributed by atoms with van der Waals surface area (Å²) in [5.74, 6) is 1.35. The molecule has 10 nitrogen and oxygen atoms in total. The van der Waals surface area contributed by atoms with Crippen LogP contribution in [-0.2, 0) is 13.0 Å². The number of rotatable bonds is 10. The minimum Gasteiger partial charge on any atom is -0.493 e. The van der Waals surface area contributed by atoms with Crippen molar-refractivity contribution in [2.75, 3.05) is 40.3 Å². The highest BCUT2D eigenvalue weighted by Gasteiger charge is 2.26. The lowest BCUT2D eigenvalue weighted by Gasteiger charge is -2.30. The van der Waals surface area contributed by atoms with E-state index in [4.69, 9.17) is 9.47 Å². The van der Waals surface area contributed by atoms with Crippen molar-refractivity contribution in [3.05, 3.63) is 54.4 Å². The molecule has 0 N–H and O–H groups in total. The van der Waals surface area contributed by atoms with Crippen molar-refractivity contribution in [3.8, 4) is 11.5 Å². The van der Waals surface area contributed by atoms with Gasteiger partial charge in [-0.3, -0.25) is 4.98 Å². The molecule has 0 radical (unpaired) electrons. The highest BCUT2D eigenvalue weighted by Crippen LogP contribution is 2.29. The summed E-state index contributed by atoms with van der Waals surface area (Å²) in [5.41, 5.74) is 1.12. The predicted octanol–water partition coefficient (Wildman–Crippen LogP) is 3.01. The molecule has 0 atom stereocenters. The molecule has 186 valence electrons. The standard InChI is InChI=1S/C24H31N7O3S/c1-29(2)16-17-31-23(26-27-28-31)35-22-9-14-30(15-10-22)24(32)34-21-5-3-19(4-6-21)11-18-33-20-7-12-25-13-8-20/h3-8,12-13,22H,9-11,14-18H2,1-2H3. The third kappa shape index (κ3) is 7.66. The first kappa shape index (κ1) is 24.9. The Hall–Kier alpha value is -3.18. The molecule has 1 saturated heterocycles. The van der Waals surface area contributed by atoms with E-state index in [2.05, 4.69) is 25.4 Å². The second-order valence-electron chi connectivity index (χ2n) is 8.59. The maximum absolute atomic E-state index is 12.6. The Balaban J connectivity index is 1.18. The minimum absolute atomic E-state index is 0.307. The maximum atomic E-state index is 12.6. The summed E-state index contributed by atoms with van der Waals surface area (Å²) in [4.78, 5) is 20.5. The van der Waals surface area contributed by atoms with E-state index >= 15 is 0 Å². The lowest BCUT2D eigenvalue weighted by atomic mass is 10.1. The molecule has 0 spiro atoms. The zero-order valence-electron chi connectivity index (χ0n) is 20.1. The van der Waals surface area contributed by atoms with Crippen molar-refractivity contribution in [2.24, 2.45) is 0 Å². The quantitative estimate of drug-likeness (QED) is 0.418. The molecule has 3 aromatic rings. The number of amides is 1. The molecule has 11 heteroatoms. The van der Waals surface area contributed by atoms with E-state index in [1.165, 1.54) is 0 Å². The number of nitrogens with zero attached hydrogens (tertiary/aromatic N) is 7. The summed E-state index contributed by atoms with van der Waals surface area (Å²) in [7, 11) is 4.06. The van der Waals surface area contributed by atoms with Crippen molar-refractivity contribution in [2.45, 2.75) is 36.2 Å². The number of hydrogen-bond donors (Lipinski definition) is 0. The van der Waals surface area contributed by atoms with Gasteiger partial charge < -0.3 is 19.3 Å². The topological polar surface area (TPSA) is 98.5 Å². The van der Waals surface area contributed by atoms with E-state index in [9.17, 15) is 4.79 Å². The molecule has 0 saturated carbocycles. The number of ether oxygens (including phenoxy) is 2. The monoisotopic (exact) mass is 497 g/mol. The second-order valence-corrected chi connectivity index (χ2v) is 9.85. The van der Waals surface area contributed by atoms with Gasteiger partial charge in [-0.25, -0.2) is 9.48 Å². The first-order valence-electron chi connectivity index (χ1n) is 11.7. The first-order chi connectivity index (χ1) is 17.1. The van der Waals surface area contributed by atoms with Crippen LogP contribution in [0.3, 0.4) is 0 Å². The maximum Gasteiger partial charge on any atom is 0.415 e. The average Bonchev–Trinajstić information content (AvgIpc) is 3.31. The largest absolute Gasteiger partial charge is 0.493 e. The van der Waals surface area contributed by atoms with Crippen LogP contribution in [0.4, 0.5) is 4.79 Å². The van der Waals surface area contributed by atoms with Crippen LogP contribution in [0.2, 0.25) is 0 Å². The molecule has 1 aliphatic heterocycles. The predicted molar refractivity (Wildman–Crippen MR) is 133 cm³/mol. The zero-order chi connectivity index (χ0) is 24.5. The molecule has 0 aliphatic carbocycles. The SMILES string of the molecule is CN(C)CCn1nnnc1SC1CCN(C(=O)Oc2ccc(CCOc3ccncc3)cc2)CC1. The summed E-state index contributed by atoms with van der Waals surface area (Å²) in [6, 6.07) is 11.2. The molecule has 1 fully saturated rings. The Labute approximate surface area is 209 Å². The number of likely N-dealkylation sites (tertiary alicyclic amines) is 1. The summed E-state index contributed by atoms with van der Waals surface area (Å²) in [6.07, 6.45) is 5.61. The van der Waals surface area contributed by atoms with Crippen LogP contribution in [0.1, 0.15) is 18.4 Å². The van der Waals surface area contributed by atoms with Crippen LogP contribution in [0.25, 0.3) is 0 Å². The van der Waals surface area contributed by atoms with Gasteiger partial charge in [-0.2, -0.15) is 0 Å². The van der Waals surface area contributed by atoms with Crippen molar-refractivity contribution >= 4 is 17.9 Å². The highest BCUT2D eigenvalue weighted by atomic mass is 32.2. The van der Waals surface area contributed by atoms with Crippen LogP contribution in [0.15, 0.2) is 53.9 Å². The Bertz CT molecular complexity index is 1050. The van der Waals surface area contributed by atoms with Gasteiger partial charge in [0, 0.05) is 43.7 Å². The molecule has 35 heavy (non-hydrogen) atoms. The van der Waals surface area contributed by atoms with Crippen molar-refractivity contribution < 1.29 is 14.3 Å². The lowest BCUT2D eigenvalue weighted by molar-refractivity contribution is 0.143. The molecule has 0 bridgehead atoms. The number of tetrazole rings is 1. The van der Waals surface area contributed by atoms with Crippen molar-refractivity contribution in [1.82, 2.24) is 35.0 Å². The lowest BCUT2D eigenvalue weighted by Crippen LogP contribution is -2.41. The highest BCUT2D eigenvalue weighted by molar-refractivity contribution is 7.99. The minimum atomic E-state index is -0.307. The summed E-state index contributed by atoms with van der Waals surface area (Å²) in [5, 5.41) is 13.3. The number of hydrogen-bond acceptors (Lipinski definition) is 9. The summed E-state index contributed by atoms with van der Waals surface area (Å²) in [6.45, 7) is 3.51. The molecule has 2 aromatic heterocycles. The van der Waals surface area contributed by atoms with Crippen LogP contribution in [-0.4, -0.2) is 86.7 Å². The first-order valence-corrected chi connectivity index (χ1v) is 12.6. The van der Waals surface area contributed by atoms with E-state index in [0.717, 1.165) is 48.8 Å². The van der Waals surface area contributed by atoms with Gasteiger partial charge in [0.25, 0.3) is 0 Å². The van der Waals surface area contributed by atoms with Crippen LogP contribution in [0, 0.1) is 0 Å². The smallest absolute Gasteiger partial charge is 0.415 e. The van der Waals surface area contributed by atoms with Gasteiger partial charge in [0.05, 0.1) is 13.2 Å². The summed E-state index contributed by atoms with van der Waals surface area (Å²) >= 11 is 1.69. The molecule has 1 aliphatic rings. The van der Waals surface area contributed by atoms with Crippen LogP contribution in [0.5, 0.6) is 11.5 Å². The zero-order valence-corrected chi connectivity index (χ0v) is 20.9. The molecule has 4 rings (SSSR count). The Morgan fingerprint density at radius 1 is 1.09 bits per heavy atom. The Morgan fingerprint density at radius 3 is 2.54 bits per heavy atom. The van der Waals surface area contributed by atoms with E-state index in [1.54, 1.807) is 29.1 Å². The van der Waals surface area contributed by atoms with E-state index in [-0.39, 0.29) is 6.09 Å². The van der Waals surface area contributed by atoms with Gasteiger partial charge in [-0.1, -0.05) is 23.9 Å². The molecule has 3 heterocycles. The van der Waals surface area contributed by atoms with E-state index < -0.39 is 0 Å². The third-order valence-electron chi connectivity index (χ3n) is 5.67.